The highest BCUT2D eigenvalue weighted by Crippen LogP contribution is 2.39. The third-order valence-electron chi connectivity index (χ3n) is 5.89. The molecule has 1 fully saturated rings. The summed E-state index contributed by atoms with van der Waals surface area (Å²) in [6.45, 7) is 4.12. The summed E-state index contributed by atoms with van der Waals surface area (Å²) < 4.78 is 51.8. The average Bonchev–Trinajstić information content (AvgIpc) is 2.78. The molecule has 2 aromatic heterocycles. The van der Waals surface area contributed by atoms with Crippen LogP contribution in [0.15, 0.2) is 24.3 Å². The van der Waals surface area contributed by atoms with Crippen LogP contribution in [-0.4, -0.2) is 40.4 Å². The number of methoxy groups -OCH3 is 1. The molecule has 0 spiro atoms. The molecule has 1 atom stereocenters. The fraction of sp³-hybridized carbons (Fsp3) is 0.435. The molecule has 0 amide bonds. The van der Waals surface area contributed by atoms with E-state index in [1.807, 2.05) is 0 Å². The molecule has 2 N–H and O–H groups in total. The zero-order valence-corrected chi connectivity index (χ0v) is 18.5. The molecule has 0 saturated carbocycles. The highest BCUT2D eigenvalue weighted by atomic mass is 19.3. The molecular weight excluding hydrogens is 437 g/mol. The van der Waals surface area contributed by atoms with Crippen LogP contribution in [0.1, 0.15) is 54.7 Å². The van der Waals surface area contributed by atoms with E-state index in [4.69, 9.17) is 9.47 Å². The summed E-state index contributed by atoms with van der Waals surface area (Å²) in [5.74, 6) is 0.0456. The first-order valence-electron chi connectivity index (χ1n) is 10.6. The first-order chi connectivity index (χ1) is 15.7. The van der Waals surface area contributed by atoms with Crippen LogP contribution in [0.2, 0.25) is 0 Å². The monoisotopic (exact) mass is 462 g/mol. The molecule has 4 rings (SSSR count). The first kappa shape index (κ1) is 23.2. The Labute approximate surface area is 189 Å². The molecule has 3 aromatic rings. The van der Waals surface area contributed by atoms with Crippen molar-refractivity contribution in [3.8, 4) is 5.88 Å². The number of hydrogen-bond donors (Lipinski definition) is 2. The Hall–Kier alpha value is -2.98. The van der Waals surface area contributed by atoms with E-state index in [1.54, 1.807) is 19.9 Å². The Bertz CT molecular complexity index is 1170. The van der Waals surface area contributed by atoms with Gasteiger partial charge in [-0.3, -0.25) is 0 Å². The van der Waals surface area contributed by atoms with Crippen molar-refractivity contribution in [2.45, 2.75) is 44.8 Å². The van der Waals surface area contributed by atoms with Crippen molar-refractivity contribution < 1.29 is 27.8 Å². The maximum Gasteiger partial charge on any atom is 0.266 e. The van der Waals surface area contributed by atoms with E-state index in [9.17, 15) is 18.3 Å². The number of ether oxygens (including phenoxy) is 2. The second-order valence-electron chi connectivity index (χ2n) is 8.10. The molecule has 0 radical (unpaired) electrons. The van der Waals surface area contributed by atoms with Crippen molar-refractivity contribution >= 4 is 16.9 Å². The predicted octanol–water partition coefficient (Wildman–Crippen LogP) is 4.59. The van der Waals surface area contributed by atoms with E-state index >= 15 is 0 Å². The van der Waals surface area contributed by atoms with Gasteiger partial charge in [-0.15, -0.1) is 0 Å². The second-order valence-corrected chi connectivity index (χ2v) is 8.10. The zero-order valence-electron chi connectivity index (χ0n) is 18.5. The van der Waals surface area contributed by atoms with Gasteiger partial charge in [0.15, 0.2) is 5.65 Å². The molecule has 0 aliphatic carbocycles. The number of benzene rings is 1. The van der Waals surface area contributed by atoms with Crippen molar-refractivity contribution in [3.63, 3.8) is 0 Å². The Balaban J connectivity index is 1.79. The van der Waals surface area contributed by atoms with Gasteiger partial charge in [-0.05, 0) is 19.9 Å². The van der Waals surface area contributed by atoms with Gasteiger partial charge in [-0.25, -0.2) is 23.1 Å². The third kappa shape index (κ3) is 4.45. The van der Waals surface area contributed by atoms with Crippen LogP contribution in [0.4, 0.5) is 19.0 Å². The topological polar surface area (TPSA) is 89.4 Å². The smallest absolute Gasteiger partial charge is 0.266 e. The van der Waals surface area contributed by atoms with Crippen molar-refractivity contribution in [2.24, 2.45) is 0 Å². The summed E-state index contributed by atoms with van der Waals surface area (Å²) in [4.78, 5) is 13.3. The van der Waals surface area contributed by atoms with Gasteiger partial charge in [-0.1, -0.05) is 18.2 Å². The molecule has 1 saturated heterocycles. The highest BCUT2D eigenvalue weighted by molar-refractivity contribution is 5.88. The van der Waals surface area contributed by atoms with Gasteiger partial charge in [-0.2, -0.15) is 4.98 Å². The second kappa shape index (κ2) is 9.11. The number of anilines is 1. The molecule has 1 aliphatic rings. The zero-order chi connectivity index (χ0) is 23.8. The molecule has 176 valence electrons. The van der Waals surface area contributed by atoms with Gasteiger partial charge >= 0.3 is 0 Å². The molecule has 1 unspecified atom stereocenters. The number of aryl methyl sites for hydroxylation is 1. The lowest BCUT2D eigenvalue weighted by Gasteiger charge is -2.33. The van der Waals surface area contributed by atoms with E-state index < -0.39 is 29.4 Å². The van der Waals surface area contributed by atoms with Crippen molar-refractivity contribution in [2.75, 3.05) is 25.6 Å². The van der Waals surface area contributed by atoms with Crippen LogP contribution in [0, 0.1) is 12.7 Å². The van der Waals surface area contributed by atoms with E-state index in [-0.39, 0.29) is 11.4 Å². The number of alkyl halides is 2. The van der Waals surface area contributed by atoms with Gasteiger partial charge in [0.1, 0.15) is 17.5 Å². The molecule has 1 aliphatic heterocycles. The SMILES string of the molecule is COc1nc2nc(C)nc(NC(C)c3cccc(C(F)F)c3F)c2cc1C1(O)CCOCC1. The van der Waals surface area contributed by atoms with Gasteiger partial charge in [0.2, 0.25) is 5.88 Å². The molecule has 1 aromatic carbocycles. The summed E-state index contributed by atoms with van der Waals surface area (Å²) >= 11 is 0. The minimum atomic E-state index is -2.92. The molecule has 3 heterocycles. The summed E-state index contributed by atoms with van der Waals surface area (Å²) in [5.41, 5.74) is -0.955. The van der Waals surface area contributed by atoms with Gasteiger partial charge in [0, 0.05) is 37.2 Å². The Morgan fingerprint density at radius 3 is 2.52 bits per heavy atom. The lowest BCUT2D eigenvalue weighted by molar-refractivity contribution is -0.0691. The van der Waals surface area contributed by atoms with Crippen LogP contribution in [-0.2, 0) is 10.3 Å². The maximum absolute atomic E-state index is 14.7. The summed E-state index contributed by atoms with van der Waals surface area (Å²) in [5, 5.41) is 14.9. The number of aromatic nitrogens is 3. The number of halogens is 3. The first-order valence-corrected chi connectivity index (χ1v) is 10.6. The number of hydrogen-bond acceptors (Lipinski definition) is 7. The molecule has 0 bridgehead atoms. The van der Waals surface area contributed by atoms with E-state index in [1.165, 1.54) is 19.2 Å². The van der Waals surface area contributed by atoms with Crippen molar-refractivity contribution in [1.82, 2.24) is 15.0 Å². The number of fused-ring (bicyclic) bond motifs is 1. The quantitative estimate of drug-likeness (QED) is 0.554. The van der Waals surface area contributed by atoms with E-state index in [0.717, 1.165) is 6.07 Å². The lowest BCUT2D eigenvalue weighted by Crippen LogP contribution is -2.34. The highest BCUT2D eigenvalue weighted by Gasteiger charge is 2.36. The minimum absolute atomic E-state index is 0.0852. The minimum Gasteiger partial charge on any atom is -0.481 e. The Kier molecular flexibility index (Phi) is 6.40. The van der Waals surface area contributed by atoms with Crippen molar-refractivity contribution in [1.29, 1.82) is 0 Å². The summed E-state index contributed by atoms with van der Waals surface area (Å²) in [6, 6.07) is 4.95. The molecule has 33 heavy (non-hydrogen) atoms. The maximum atomic E-state index is 14.7. The van der Waals surface area contributed by atoms with Crippen LogP contribution in [0.25, 0.3) is 11.0 Å². The van der Waals surface area contributed by atoms with Crippen LogP contribution in [0.5, 0.6) is 5.88 Å². The largest absolute Gasteiger partial charge is 0.481 e. The average molecular weight is 462 g/mol. The number of nitrogens with zero attached hydrogens (tertiary/aromatic N) is 3. The van der Waals surface area contributed by atoms with Crippen LogP contribution in [0.3, 0.4) is 0 Å². The van der Waals surface area contributed by atoms with Gasteiger partial charge < -0.3 is 19.9 Å². The fourth-order valence-corrected chi connectivity index (χ4v) is 4.08. The number of pyridine rings is 1. The van der Waals surface area contributed by atoms with Gasteiger partial charge in [0.25, 0.3) is 6.43 Å². The fourth-order valence-electron chi connectivity index (χ4n) is 4.08. The van der Waals surface area contributed by atoms with Crippen LogP contribution >= 0.6 is 0 Å². The molecular formula is C23H25F3N4O3. The Morgan fingerprint density at radius 1 is 1.15 bits per heavy atom. The van der Waals surface area contributed by atoms with E-state index in [0.29, 0.717) is 54.3 Å². The summed E-state index contributed by atoms with van der Waals surface area (Å²) in [7, 11) is 1.47. The third-order valence-corrected chi connectivity index (χ3v) is 5.89. The normalized spacial score (nSPS) is 16.7. The number of aliphatic hydroxyl groups is 1. The predicted molar refractivity (Wildman–Crippen MR) is 116 cm³/mol. The molecule has 7 nitrogen and oxygen atoms in total. The number of rotatable bonds is 6. The van der Waals surface area contributed by atoms with Crippen molar-refractivity contribution in [3.05, 3.63) is 52.6 Å². The van der Waals surface area contributed by atoms with Gasteiger partial charge in [0.05, 0.1) is 29.7 Å². The Morgan fingerprint density at radius 2 is 1.85 bits per heavy atom. The summed E-state index contributed by atoms with van der Waals surface area (Å²) in [6.07, 6.45) is -2.18. The van der Waals surface area contributed by atoms with E-state index in [2.05, 4.69) is 20.3 Å². The van der Waals surface area contributed by atoms with Crippen LogP contribution < -0.4 is 10.1 Å². The lowest BCUT2D eigenvalue weighted by atomic mass is 9.86. The number of nitrogens with one attached hydrogen (secondary N) is 1. The standard InChI is InChI=1S/C23H25F3N4O3/c1-12(14-5-4-6-15(18(14)24)19(25)26)27-20-16-11-17(23(31)7-9-33-10-8-23)22(32-3)30-21(16)29-13(2)28-20/h4-6,11-12,19,31H,7-10H2,1-3H3,(H,27,28,29,30). The molecule has 10 heteroatoms.